The van der Waals surface area contributed by atoms with Gasteiger partial charge in [-0.25, -0.2) is 4.39 Å². The van der Waals surface area contributed by atoms with Gasteiger partial charge in [-0.2, -0.15) is 5.26 Å². The highest BCUT2D eigenvalue weighted by atomic mass is 19.1. The number of halogens is 1. The normalized spacial score (nSPS) is 11.8. The Labute approximate surface area is 118 Å². The van der Waals surface area contributed by atoms with Crippen LogP contribution in [0.5, 0.6) is 0 Å². The van der Waals surface area contributed by atoms with E-state index < -0.39 is 0 Å². The van der Waals surface area contributed by atoms with Crippen molar-refractivity contribution in [3.8, 4) is 6.07 Å². The van der Waals surface area contributed by atoms with E-state index in [1.807, 2.05) is 24.3 Å². The summed E-state index contributed by atoms with van der Waals surface area (Å²) in [7, 11) is 0. The first-order valence-corrected chi connectivity index (χ1v) is 6.54. The molecule has 20 heavy (non-hydrogen) atoms. The van der Waals surface area contributed by atoms with Crippen LogP contribution < -0.4 is 5.32 Å². The number of rotatable bonds is 6. The molecule has 0 radical (unpaired) electrons. The van der Waals surface area contributed by atoms with E-state index in [-0.39, 0.29) is 11.7 Å². The smallest absolute Gasteiger partial charge is 0.123 e. The zero-order chi connectivity index (χ0) is 14.2. The summed E-state index contributed by atoms with van der Waals surface area (Å²) in [4.78, 5) is 4.03. The van der Waals surface area contributed by atoms with Crippen LogP contribution in [0.3, 0.4) is 0 Å². The average molecular weight is 269 g/mol. The number of hydrogen-bond donors (Lipinski definition) is 1. The minimum absolute atomic E-state index is 0.171. The van der Waals surface area contributed by atoms with Gasteiger partial charge in [0.1, 0.15) is 5.82 Å². The largest absolute Gasteiger partial charge is 0.304 e. The van der Waals surface area contributed by atoms with Crippen molar-refractivity contribution in [1.29, 1.82) is 5.26 Å². The Morgan fingerprint density at radius 2 is 1.75 bits per heavy atom. The number of nitrogens with zero attached hydrogens (tertiary/aromatic N) is 2. The number of pyridine rings is 1. The predicted molar refractivity (Wildman–Crippen MR) is 75.6 cm³/mol. The number of nitrogens with one attached hydrogen (secondary N) is 1. The zero-order valence-corrected chi connectivity index (χ0v) is 11.1. The molecule has 0 saturated heterocycles. The molecule has 1 atom stereocenters. The van der Waals surface area contributed by atoms with Crippen LogP contribution >= 0.6 is 0 Å². The Bertz CT molecular complexity index is 561. The van der Waals surface area contributed by atoms with E-state index in [0.29, 0.717) is 6.54 Å². The SMILES string of the molecule is N#CCNCCC(c1ccncc1)c1ccc(F)cc1. The van der Waals surface area contributed by atoms with E-state index in [1.165, 1.54) is 12.1 Å². The first kappa shape index (κ1) is 14.2. The summed E-state index contributed by atoms with van der Waals surface area (Å²) in [6, 6.07) is 12.6. The number of aromatic nitrogens is 1. The van der Waals surface area contributed by atoms with Gasteiger partial charge < -0.3 is 5.32 Å². The number of benzene rings is 1. The maximum absolute atomic E-state index is 13.0. The summed E-state index contributed by atoms with van der Waals surface area (Å²) in [5.41, 5.74) is 2.21. The summed E-state index contributed by atoms with van der Waals surface area (Å²) in [6.07, 6.45) is 4.36. The van der Waals surface area contributed by atoms with E-state index in [9.17, 15) is 4.39 Å². The van der Waals surface area contributed by atoms with Crippen molar-refractivity contribution >= 4 is 0 Å². The van der Waals surface area contributed by atoms with E-state index in [4.69, 9.17) is 5.26 Å². The molecule has 1 aromatic carbocycles. The van der Waals surface area contributed by atoms with Crippen molar-refractivity contribution in [3.05, 3.63) is 65.7 Å². The van der Waals surface area contributed by atoms with Crippen molar-refractivity contribution in [2.45, 2.75) is 12.3 Å². The van der Waals surface area contributed by atoms with Crippen LogP contribution in [-0.4, -0.2) is 18.1 Å². The van der Waals surface area contributed by atoms with Gasteiger partial charge >= 0.3 is 0 Å². The highest BCUT2D eigenvalue weighted by molar-refractivity contribution is 5.31. The molecular formula is C16H16FN3. The van der Waals surface area contributed by atoms with Gasteiger partial charge in [-0.05, 0) is 48.4 Å². The van der Waals surface area contributed by atoms with Crippen LogP contribution in [0.1, 0.15) is 23.5 Å². The lowest BCUT2D eigenvalue weighted by Gasteiger charge is -2.18. The fourth-order valence-corrected chi connectivity index (χ4v) is 2.21. The van der Waals surface area contributed by atoms with Gasteiger partial charge in [0.2, 0.25) is 0 Å². The molecule has 0 saturated carbocycles. The first-order chi connectivity index (χ1) is 9.81. The Kier molecular flexibility index (Phi) is 5.22. The van der Waals surface area contributed by atoms with E-state index in [1.54, 1.807) is 12.4 Å². The second kappa shape index (κ2) is 7.37. The van der Waals surface area contributed by atoms with Gasteiger partial charge in [0.25, 0.3) is 0 Å². The van der Waals surface area contributed by atoms with Crippen molar-refractivity contribution in [2.24, 2.45) is 0 Å². The van der Waals surface area contributed by atoms with Crippen LogP contribution in [0.4, 0.5) is 4.39 Å². The number of hydrogen-bond acceptors (Lipinski definition) is 3. The third kappa shape index (κ3) is 3.87. The molecular weight excluding hydrogens is 253 g/mol. The Hall–Kier alpha value is -2.25. The molecule has 1 N–H and O–H groups in total. The van der Waals surface area contributed by atoms with E-state index in [0.717, 1.165) is 24.1 Å². The molecule has 4 heteroatoms. The minimum Gasteiger partial charge on any atom is -0.304 e. The molecule has 0 bridgehead atoms. The van der Waals surface area contributed by atoms with E-state index in [2.05, 4.69) is 16.4 Å². The lowest BCUT2D eigenvalue weighted by atomic mass is 9.89. The van der Waals surface area contributed by atoms with Crippen LogP contribution in [0.15, 0.2) is 48.8 Å². The molecule has 1 unspecified atom stereocenters. The van der Waals surface area contributed by atoms with E-state index >= 15 is 0 Å². The van der Waals surface area contributed by atoms with Crippen molar-refractivity contribution in [3.63, 3.8) is 0 Å². The second-order valence-electron chi connectivity index (χ2n) is 4.51. The lowest BCUT2D eigenvalue weighted by molar-refractivity contribution is 0.620. The van der Waals surface area contributed by atoms with Gasteiger partial charge in [-0.15, -0.1) is 0 Å². The van der Waals surface area contributed by atoms with Crippen molar-refractivity contribution < 1.29 is 4.39 Å². The molecule has 102 valence electrons. The van der Waals surface area contributed by atoms with Crippen LogP contribution in [0.25, 0.3) is 0 Å². The monoisotopic (exact) mass is 269 g/mol. The summed E-state index contributed by atoms with van der Waals surface area (Å²) in [5.74, 6) is -0.0605. The molecule has 0 aliphatic rings. The Morgan fingerprint density at radius 1 is 1.10 bits per heavy atom. The van der Waals surface area contributed by atoms with Crippen molar-refractivity contribution in [1.82, 2.24) is 10.3 Å². The Morgan fingerprint density at radius 3 is 2.40 bits per heavy atom. The second-order valence-corrected chi connectivity index (χ2v) is 4.51. The molecule has 0 spiro atoms. The third-order valence-electron chi connectivity index (χ3n) is 3.19. The molecule has 3 nitrogen and oxygen atoms in total. The Balaban J connectivity index is 2.16. The van der Waals surface area contributed by atoms with Gasteiger partial charge in [0.05, 0.1) is 12.6 Å². The highest BCUT2D eigenvalue weighted by Gasteiger charge is 2.13. The fraction of sp³-hybridized carbons (Fsp3) is 0.250. The summed E-state index contributed by atoms with van der Waals surface area (Å²) in [5, 5.41) is 11.6. The number of nitriles is 1. The predicted octanol–water partition coefficient (Wildman–Crippen LogP) is 2.86. The van der Waals surface area contributed by atoms with Crippen LogP contribution in [0, 0.1) is 17.1 Å². The molecule has 0 aliphatic carbocycles. The molecule has 2 rings (SSSR count). The van der Waals surface area contributed by atoms with Gasteiger partial charge in [0.15, 0.2) is 0 Å². The third-order valence-corrected chi connectivity index (χ3v) is 3.19. The molecule has 2 aromatic rings. The molecule has 1 aromatic heterocycles. The van der Waals surface area contributed by atoms with Gasteiger partial charge in [-0.3, -0.25) is 4.98 Å². The summed E-state index contributed by atoms with van der Waals surface area (Å²) >= 11 is 0. The molecule has 0 amide bonds. The van der Waals surface area contributed by atoms with Gasteiger partial charge in [-0.1, -0.05) is 12.1 Å². The molecule has 0 fully saturated rings. The maximum Gasteiger partial charge on any atom is 0.123 e. The van der Waals surface area contributed by atoms with Crippen LogP contribution in [0.2, 0.25) is 0 Å². The lowest BCUT2D eigenvalue weighted by Crippen LogP contribution is -2.18. The standard InChI is InChI=1S/C16H16FN3/c17-15-3-1-13(2-4-15)16(7-11-20-12-8-18)14-5-9-19-10-6-14/h1-6,9-10,16,20H,7,11-12H2. The molecule has 1 heterocycles. The highest BCUT2D eigenvalue weighted by Crippen LogP contribution is 2.27. The topological polar surface area (TPSA) is 48.7 Å². The summed E-state index contributed by atoms with van der Waals surface area (Å²) < 4.78 is 13.0. The van der Waals surface area contributed by atoms with Crippen LogP contribution in [-0.2, 0) is 0 Å². The fourth-order valence-electron chi connectivity index (χ4n) is 2.21. The van der Waals surface area contributed by atoms with Crippen molar-refractivity contribution in [2.75, 3.05) is 13.1 Å². The zero-order valence-electron chi connectivity index (χ0n) is 11.1. The quantitative estimate of drug-likeness (QED) is 0.648. The minimum atomic E-state index is -0.232. The maximum atomic E-state index is 13.0. The first-order valence-electron chi connectivity index (χ1n) is 6.54. The molecule has 0 aliphatic heterocycles. The summed E-state index contributed by atoms with van der Waals surface area (Å²) in [6.45, 7) is 1.07. The van der Waals surface area contributed by atoms with Gasteiger partial charge in [0, 0.05) is 18.3 Å². The average Bonchev–Trinajstić information content (AvgIpc) is 2.50.